The molecular formula is C50H38N4. The van der Waals surface area contributed by atoms with Gasteiger partial charge in [0.2, 0.25) is 0 Å². The van der Waals surface area contributed by atoms with Crippen molar-refractivity contribution in [2.75, 3.05) is 16.3 Å². The molecule has 10 rings (SSSR count). The van der Waals surface area contributed by atoms with Crippen LogP contribution in [0.1, 0.15) is 29.2 Å². The minimum absolute atomic E-state index is 0.676. The van der Waals surface area contributed by atoms with Crippen LogP contribution in [0.4, 0.5) is 28.6 Å². The molecule has 0 unspecified atom stereocenters. The summed E-state index contributed by atoms with van der Waals surface area (Å²) in [7, 11) is 0. The second kappa shape index (κ2) is 12.9. The lowest BCUT2D eigenvalue weighted by molar-refractivity contribution is 0.716. The van der Waals surface area contributed by atoms with Crippen LogP contribution in [-0.4, -0.2) is 16.1 Å². The molecule has 7 aromatic carbocycles. The molecule has 258 valence electrons. The zero-order valence-electron chi connectivity index (χ0n) is 30.0. The summed E-state index contributed by atoms with van der Waals surface area (Å²) in [6.45, 7) is 3.02. The molecule has 0 atom stereocenters. The number of benzene rings is 7. The predicted octanol–water partition coefficient (Wildman–Crippen LogP) is 12.5. The smallest absolute Gasteiger partial charge is 0.137 e. The van der Waals surface area contributed by atoms with E-state index in [1.165, 1.54) is 49.7 Å². The van der Waals surface area contributed by atoms with Gasteiger partial charge in [-0.2, -0.15) is 0 Å². The highest BCUT2D eigenvalue weighted by molar-refractivity contribution is 6.09. The van der Waals surface area contributed by atoms with Crippen LogP contribution in [-0.2, 0) is 5.41 Å². The standard InChI is InChI=1S/C50H38N4/c1-2-52-47-32-31-40(54-45-29-17-15-27-41(45)42-28-16-18-30-46(42)54)33-43(47)50(36-19-7-3-8-20-36,37-21-9-4-10-22-37)44-34-49(51-35-48(44)52)53(38-23-11-5-12-24-38)39-25-13-6-14-26-39/h3-35H,2H2,1H3. The van der Waals surface area contributed by atoms with Crippen molar-refractivity contribution in [2.24, 2.45) is 0 Å². The number of anilines is 5. The van der Waals surface area contributed by atoms with Crippen LogP contribution in [0.25, 0.3) is 27.5 Å². The van der Waals surface area contributed by atoms with Gasteiger partial charge < -0.3 is 9.47 Å². The predicted molar refractivity (Wildman–Crippen MR) is 224 cm³/mol. The molecule has 2 aromatic heterocycles. The molecule has 0 N–H and O–H groups in total. The van der Waals surface area contributed by atoms with Gasteiger partial charge in [0.25, 0.3) is 0 Å². The Hall–Kier alpha value is -6.91. The number of nitrogens with zero attached hydrogens (tertiary/aromatic N) is 4. The number of para-hydroxylation sites is 4. The Morgan fingerprint density at radius 1 is 0.500 bits per heavy atom. The fourth-order valence-electron chi connectivity index (χ4n) is 8.82. The van der Waals surface area contributed by atoms with E-state index in [-0.39, 0.29) is 0 Å². The third kappa shape index (κ3) is 4.80. The minimum Gasteiger partial charge on any atom is -0.340 e. The van der Waals surface area contributed by atoms with Crippen LogP contribution in [0, 0.1) is 0 Å². The maximum absolute atomic E-state index is 5.28. The van der Waals surface area contributed by atoms with Gasteiger partial charge in [-0.05, 0) is 84.3 Å². The first-order valence-corrected chi connectivity index (χ1v) is 18.7. The molecule has 0 saturated heterocycles. The van der Waals surface area contributed by atoms with Crippen molar-refractivity contribution in [1.82, 2.24) is 9.55 Å². The maximum atomic E-state index is 5.28. The molecule has 0 spiro atoms. The van der Waals surface area contributed by atoms with Gasteiger partial charge in [-0.25, -0.2) is 4.98 Å². The lowest BCUT2D eigenvalue weighted by Crippen LogP contribution is -2.39. The molecule has 0 aliphatic carbocycles. The first kappa shape index (κ1) is 31.8. The fraction of sp³-hybridized carbons (Fsp3) is 0.0600. The topological polar surface area (TPSA) is 24.3 Å². The molecule has 1 aliphatic rings. The number of rotatable bonds is 7. The highest BCUT2D eigenvalue weighted by atomic mass is 15.2. The van der Waals surface area contributed by atoms with E-state index >= 15 is 0 Å². The van der Waals surface area contributed by atoms with Gasteiger partial charge in [0, 0.05) is 45.6 Å². The Morgan fingerprint density at radius 2 is 0.981 bits per heavy atom. The number of hydrogen-bond acceptors (Lipinski definition) is 3. The Labute approximate surface area is 315 Å². The van der Waals surface area contributed by atoms with Gasteiger partial charge in [0.1, 0.15) is 5.82 Å². The summed E-state index contributed by atoms with van der Waals surface area (Å²) in [5.41, 5.74) is 12.1. The summed E-state index contributed by atoms with van der Waals surface area (Å²) in [6.07, 6.45) is 2.09. The van der Waals surface area contributed by atoms with Crippen molar-refractivity contribution < 1.29 is 0 Å². The van der Waals surface area contributed by atoms with E-state index < -0.39 is 5.41 Å². The van der Waals surface area contributed by atoms with Gasteiger partial charge in [-0.1, -0.05) is 133 Å². The molecule has 0 bridgehead atoms. The van der Waals surface area contributed by atoms with Crippen LogP contribution in [0.3, 0.4) is 0 Å². The Bertz CT molecular complexity index is 2620. The molecule has 0 amide bonds. The van der Waals surface area contributed by atoms with Crippen LogP contribution < -0.4 is 9.80 Å². The lowest BCUT2D eigenvalue weighted by atomic mass is 9.62. The van der Waals surface area contributed by atoms with Gasteiger partial charge in [-0.3, -0.25) is 4.90 Å². The van der Waals surface area contributed by atoms with Crippen LogP contribution in [0.5, 0.6) is 0 Å². The Kier molecular flexibility index (Phi) is 7.62. The summed E-state index contributed by atoms with van der Waals surface area (Å²) >= 11 is 0. The third-order valence-corrected chi connectivity index (χ3v) is 11.1. The van der Waals surface area contributed by atoms with Crippen molar-refractivity contribution >= 4 is 50.4 Å². The maximum Gasteiger partial charge on any atom is 0.137 e. The second-order valence-electron chi connectivity index (χ2n) is 13.9. The summed E-state index contributed by atoms with van der Waals surface area (Å²) in [6, 6.07) is 70.1. The number of hydrogen-bond donors (Lipinski definition) is 0. The van der Waals surface area contributed by atoms with E-state index in [0.717, 1.165) is 35.1 Å². The molecule has 3 heterocycles. The van der Waals surface area contributed by atoms with Gasteiger partial charge in [0.05, 0.1) is 28.3 Å². The lowest BCUT2D eigenvalue weighted by Gasteiger charge is -2.46. The van der Waals surface area contributed by atoms with E-state index in [1.54, 1.807) is 0 Å². The minimum atomic E-state index is -0.676. The van der Waals surface area contributed by atoms with E-state index in [4.69, 9.17) is 4.98 Å². The van der Waals surface area contributed by atoms with Crippen LogP contribution >= 0.6 is 0 Å². The average Bonchev–Trinajstić information content (AvgIpc) is 3.58. The molecule has 9 aromatic rings. The molecule has 1 aliphatic heterocycles. The molecule has 0 saturated carbocycles. The van der Waals surface area contributed by atoms with Gasteiger partial charge in [-0.15, -0.1) is 0 Å². The Morgan fingerprint density at radius 3 is 1.52 bits per heavy atom. The summed E-state index contributed by atoms with van der Waals surface area (Å²) in [4.78, 5) is 9.98. The summed E-state index contributed by atoms with van der Waals surface area (Å²) < 4.78 is 2.43. The number of fused-ring (bicyclic) bond motifs is 5. The van der Waals surface area contributed by atoms with Crippen LogP contribution in [0.2, 0.25) is 0 Å². The molecular weight excluding hydrogens is 657 g/mol. The highest BCUT2D eigenvalue weighted by Gasteiger charge is 2.47. The Balaban J connectivity index is 1.32. The average molecular weight is 695 g/mol. The van der Waals surface area contributed by atoms with Crippen molar-refractivity contribution in [3.8, 4) is 5.69 Å². The summed E-state index contributed by atoms with van der Waals surface area (Å²) in [5, 5.41) is 2.50. The zero-order valence-corrected chi connectivity index (χ0v) is 30.0. The van der Waals surface area contributed by atoms with Crippen LogP contribution in [0.15, 0.2) is 200 Å². The molecule has 4 nitrogen and oxygen atoms in total. The van der Waals surface area contributed by atoms with Gasteiger partial charge in [0.15, 0.2) is 0 Å². The largest absolute Gasteiger partial charge is 0.340 e. The number of pyridine rings is 1. The van der Waals surface area contributed by atoms with Gasteiger partial charge >= 0.3 is 0 Å². The first-order chi connectivity index (χ1) is 26.8. The third-order valence-electron chi connectivity index (χ3n) is 11.1. The van der Waals surface area contributed by atoms with E-state index in [1.807, 2.05) is 0 Å². The molecule has 0 fully saturated rings. The molecule has 4 heteroatoms. The number of aromatic nitrogens is 2. The quantitative estimate of drug-likeness (QED) is 0.166. The highest BCUT2D eigenvalue weighted by Crippen LogP contribution is 2.57. The SMILES string of the molecule is CCN1c2ccc(-n3c4ccccc4c4ccccc43)cc2C(c2ccccc2)(c2ccccc2)c2cc(N(c3ccccc3)c3ccccc3)ncc21. The van der Waals surface area contributed by atoms with E-state index in [9.17, 15) is 0 Å². The van der Waals surface area contributed by atoms with Crippen molar-refractivity contribution in [3.63, 3.8) is 0 Å². The summed E-state index contributed by atoms with van der Waals surface area (Å²) in [5.74, 6) is 0.862. The fourth-order valence-corrected chi connectivity index (χ4v) is 8.82. The second-order valence-corrected chi connectivity index (χ2v) is 13.9. The van der Waals surface area contributed by atoms with E-state index in [2.05, 4.69) is 222 Å². The van der Waals surface area contributed by atoms with Crippen molar-refractivity contribution in [2.45, 2.75) is 12.3 Å². The van der Waals surface area contributed by atoms with Crippen molar-refractivity contribution in [3.05, 3.63) is 223 Å². The first-order valence-electron chi connectivity index (χ1n) is 18.7. The normalized spacial score (nSPS) is 13.1. The molecule has 0 radical (unpaired) electrons. The molecule has 54 heavy (non-hydrogen) atoms. The monoisotopic (exact) mass is 694 g/mol. The van der Waals surface area contributed by atoms with Crippen molar-refractivity contribution in [1.29, 1.82) is 0 Å². The zero-order chi connectivity index (χ0) is 36.1. The van der Waals surface area contributed by atoms with E-state index in [0.29, 0.717) is 0 Å².